The Kier molecular flexibility index (Phi) is 3.28. The zero-order chi connectivity index (χ0) is 14.2. The molecule has 20 heavy (non-hydrogen) atoms. The van der Waals surface area contributed by atoms with E-state index in [1.165, 1.54) is 36.8 Å². The van der Waals surface area contributed by atoms with Crippen molar-refractivity contribution < 1.29 is 0 Å². The molecule has 1 heterocycles. The topological polar surface area (TPSA) is 54.7 Å². The molecule has 0 saturated heterocycles. The summed E-state index contributed by atoms with van der Waals surface area (Å²) in [7, 11) is 0. The van der Waals surface area contributed by atoms with Gasteiger partial charge in [-0.05, 0) is 41.7 Å². The van der Waals surface area contributed by atoms with E-state index in [2.05, 4.69) is 48.3 Å². The molecule has 1 fully saturated rings. The quantitative estimate of drug-likeness (QED) is 0.852. The number of aromatic amines is 1. The Bertz CT molecular complexity index is 598. The second-order valence-electron chi connectivity index (χ2n) is 6.74. The number of nitrogens with two attached hydrogens (primary N) is 1. The number of aromatic nitrogens is 2. The molecule has 1 aromatic heterocycles. The summed E-state index contributed by atoms with van der Waals surface area (Å²) in [5.74, 6) is 1.29. The van der Waals surface area contributed by atoms with Gasteiger partial charge in [0, 0.05) is 5.56 Å². The first-order chi connectivity index (χ1) is 9.57. The van der Waals surface area contributed by atoms with Crippen LogP contribution in [-0.4, -0.2) is 10.2 Å². The molecule has 1 atom stereocenters. The second kappa shape index (κ2) is 4.97. The zero-order valence-corrected chi connectivity index (χ0v) is 12.3. The Morgan fingerprint density at radius 1 is 1.25 bits per heavy atom. The van der Waals surface area contributed by atoms with E-state index in [0.29, 0.717) is 17.2 Å². The van der Waals surface area contributed by atoms with Crippen molar-refractivity contribution in [3.05, 3.63) is 36.0 Å². The molecular formula is C17H23N3. The number of anilines is 1. The van der Waals surface area contributed by atoms with Crippen LogP contribution in [0.25, 0.3) is 11.1 Å². The number of hydrogen-bond donors (Lipinski definition) is 2. The lowest BCUT2D eigenvalue weighted by Gasteiger charge is -2.36. The van der Waals surface area contributed by atoms with Crippen molar-refractivity contribution in [3.63, 3.8) is 0 Å². The van der Waals surface area contributed by atoms with Gasteiger partial charge in [-0.3, -0.25) is 5.10 Å². The van der Waals surface area contributed by atoms with Crippen LogP contribution in [-0.2, 0) is 0 Å². The summed E-state index contributed by atoms with van der Waals surface area (Å²) < 4.78 is 0. The van der Waals surface area contributed by atoms with E-state index in [1.807, 2.05) is 6.20 Å². The summed E-state index contributed by atoms with van der Waals surface area (Å²) in [6, 6.07) is 8.64. The molecule has 1 aromatic carbocycles. The maximum Gasteiger partial charge on any atom is 0.126 e. The summed E-state index contributed by atoms with van der Waals surface area (Å²) in [6.07, 6.45) is 7.01. The van der Waals surface area contributed by atoms with E-state index >= 15 is 0 Å². The number of H-pyrrole nitrogens is 1. The van der Waals surface area contributed by atoms with Crippen molar-refractivity contribution in [2.45, 2.75) is 45.4 Å². The first-order valence-electron chi connectivity index (χ1n) is 7.45. The van der Waals surface area contributed by atoms with Crippen LogP contribution in [0.15, 0.2) is 30.5 Å². The third-order valence-corrected chi connectivity index (χ3v) is 4.56. The normalized spacial score (nSPS) is 21.8. The van der Waals surface area contributed by atoms with E-state index < -0.39 is 0 Å². The standard InChI is InChI=1S/C17H23N3/c1-17(2)9-5-6-12(10-17)13-7-3-4-8-14(13)15-11-19-20-16(15)18/h3-4,7-8,11-12H,5-6,9-10H2,1-2H3,(H3,18,19,20). The minimum absolute atomic E-state index is 0.442. The minimum atomic E-state index is 0.442. The first kappa shape index (κ1) is 13.2. The number of nitrogen functional groups attached to an aromatic ring is 1. The molecule has 0 spiro atoms. The SMILES string of the molecule is CC1(C)CCCC(c2ccccc2-c2cn[nH]c2N)C1. The molecule has 1 aliphatic carbocycles. The van der Waals surface area contributed by atoms with Crippen LogP contribution in [0.1, 0.15) is 51.0 Å². The van der Waals surface area contributed by atoms with Crippen LogP contribution < -0.4 is 5.73 Å². The molecule has 3 N–H and O–H groups in total. The molecule has 0 aliphatic heterocycles. The predicted molar refractivity (Wildman–Crippen MR) is 83.4 cm³/mol. The average Bonchev–Trinajstić information content (AvgIpc) is 2.84. The lowest BCUT2D eigenvalue weighted by atomic mass is 9.69. The maximum absolute atomic E-state index is 6.01. The summed E-state index contributed by atoms with van der Waals surface area (Å²) in [4.78, 5) is 0. The number of hydrogen-bond acceptors (Lipinski definition) is 2. The summed E-state index contributed by atoms with van der Waals surface area (Å²) in [5, 5.41) is 6.90. The van der Waals surface area contributed by atoms with Crippen molar-refractivity contribution in [1.82, 2.24) is 10.2 Å². The Hall–Kier alpha value is -1.77. The van der Waals surface area contributed by atoms with Crippen molar-refractivity contribution in [1.29, 1.82) is 0 Å². The Morgan fingerprint density at radius 2 is 2.05 bits per heavy atom. The van der Waals surface area contributed by atoms with Gasteiger partial charge in [-0.15, -0.1) is 0 Å². The van der Waals surface area contributed by atoms with Crippen LogP contribution >= 0.6 is 0 Å². The summed E-state index contributed by atoms with van der Waals surface area (Å²) >= 11 is 0. The lowest BCUT2D eigenvalue weighted by Crippen LogP contribution is -2.21. The van der Waals surface area contributed by atoms with E-state index in [0.717, 1.165) is 5.56 Å². The second-order valence-corrected chi connectivity index (χ2v) is 6.74. The fourth-order valence-corrected chi connectivity index (χ4v) is 3.57. The fraction of sp³-hybridized carbons (Fsp3) is 0.471. The number of nitrogens with zero attached hydrogens (tertiary/aromatic N) is 1. The highest BCUT2D eigenvalue weighted by atomic mass is 15.1. The lowest BCUT2D eigenvalue weighted by molar-refractivity contribution is 0.220. The Balaban J connectivity index is 2.00. The molecule has 3 nitrogen and oxygen atoms in total. The van der Waals surface area contributed by atoms with Crippen molar-refractivity contribution in [2.75, 3.05) is 5.73 Å². The molecule has 3 rings (SSSR count). The van der Waals surface area contributed by atoms with E-state index in [9.17, 15) is 0 Å². The molecule has 1 saturated carbocycles. The van der Waals surface area contributed by atoms with Gasteiger partial charge in [0.05, 0.1) is 6.20 Å². The van der Waals surface area contributed by atoms with Gasteiger partial charge >= 0.3 is 0 Å². The van der Waals surface area contributed by atoms with Gasteiger partial charge in [-0.1, -0.05) is 44.5 Å². The van der Waals surface area contributed by atoms with Gasteiger partial charge in [0.15, 0.2) is 0 Å². The number of nitrogens with one attached hydrogen (secondary N) is 1. The van der Waals surface area contributed by atoms with Crippen LogP contribution in [0.2, 0.25) is 0 Å². The van der Waals surface area contributed by atoms with Crippen LogP contribution in [0.5, 0.6) is 0 Å². The Labute approximate surface area is 120 Å². The van der Waals surface area contributed by atoms with Crippen LogP contribution in [0.4, 0.5) is 5.82 Å². The predicted octanol–water partition coefficient (Wildman–Crippen LogP) is 4.34. The highest BCUT2D eigenvalue weighted by molar-refractivity contribution is 5.76. The molecular weight excluding hydrogens is 246 g/mol. The highest BCUT2D eigenvalue weighted by Gasteiger charge is 2.30. The Morgan fingerprint density at radius 3 is 2.75 bits per heavy atom. The molecule has 3 heteroatoms. The van der Waals surface area contributed by atoms with Gasteiger partial charge in [0.1, 0.15) is 5.82 Å². The van der Waals surface area contributed by atoms with Crippen molar-refractivity contribution in [2.24, 2.45) is 5.41 Å². The van der Waals surface area contributed by atoms with Gasteiger partial charge in [0.25, 0.3) is 0 Å². The van der Waals surface area contributed by atoms with Gasteiger partial charge in [-0.25, -0.2) is 0 Å². The average molecular weight is 269 g/mol. The first-order valence-corrected chi connectivity index (χ1v) is 7.45. The minimum Gasteiger partial charge on any atom is -0.384 e. The molecule has 106 valence electrons. The fourth-order valence-electron chi connectivity index (χ4n) is 3.57. The number of benzene rings is 1. The maximum atomic E-state index is 6.01. The molecule has 1 aliphatic rings. The van der Waals surface area contributed by atoms with E-state index in [-0.39, 0.29) is 0 Å². The molecule has 1 unspecified atom stereocenters. The van der Waals surface area contributed by atoms with Crippen molar-refractivity contribution in [3.8, 4) is 11.1 Å². The van der Waals surface area contributed by atoms with E-state index in [4.69, 9.17) is 5.73 Å². The summed E-state index contributed by atoms with van der Waals surface area (Å²) in [6.45, 7) is 4.77. The van der Waals surface area contributed by atoms with Crippen LogP contribution in [0.3, 0.4) is 0 Å². The van der Waals surface area contributed by atoms with E-state index in [1.54, 1.807) is 0 Å². The zero-order valence-electron chi connectivity index (χ0n) is 12.3. The molecule has 2 aromatic rings. The third kappa shape index (κ3) is 2.45. The molecule has 0 amide bonds. The monoisotopic (exact) mass is 269 g/mol. The highest BCUT2D eigenvalue weighted by Crippen LogP contribution is 2.45. The van der Waals surface area contributed by atoms with Gasteiger partial charge in [-0.2, -0.15) is 5.10 Å². The molecule has 0 bridgehead atoms. The third-order valence-electron chi connectivity index (χ3n) is 4.56. The van der Waals surface area contributed by atoms with Crippen LogP contribution in [0, 0.1) is 5.41 Å². The van der Waals surface area contributed by atoms with Crippen molar-refractivity contribution >= 4 is 5.82 Å². The molecule has 0 radical (unpaired) electrons. The smallest absolute Gasteiger partial charge is 0.126 e. The van der Waals surface area contributed by atoms with Gasteiger partial charge < -0.3 is 5.73 Å². The summed E-state index contributed by atoms with van der Waals surface area (Å²) in [5.41, 5.74) is 10.1. The largest absolute Gasteiger partial charge is 0.384 e. The number of rotatable bonds is 2. The van der Waals surface area contributed by atoms with Gasteiger partial charge in [0.2, 0.25) is 0 Å².